The maximum Gasteiger partial charge on any atom is 0.308 e. The Morgan fingerprint density at radius 1 is 0.516 bits per heavy atom. The van der Waals surface area contributed by atoms with Crippen LogP contribution in [0, 0.1) is 13.8 Å². The Morgan fingerprint density at radius 3 is 1.10 bits per heavy atom. The van der Waals surface area contributed by atoms with Crippen LogP contribution in [0.15, 0.2) is 24.3 Å². The lowest BCUT2D eigenvalue weighted by Crippen LogP contribution is -2.10. The molecule has 0 fully saturated rings. The highest BCUT2D eigenvalue weighted by atomic mass is 16.6. The van der Waals surface area contributed by atoms with Gasteiger partial charge in [-0.25, -0.2) is 0 Å². The van der Waals surface area contributed by atoms with Crippen molar-refractivity contribution in [2.24, 2.45) is 0 Å². The monoisotopic (exact) mass is 430 g/mol. The molecule has 0 bridgehead atoms. The van der Waals surface area contributed by atoms with Gasteiger partial charge in [0.05, 0.1) is 0 Å². The lowest BCUT2D eigenvalue weighted by atomic mass is 10.2. The fourth-order valence-corrected chi connectivity index (χ4v) is 2.64. The van der Waals surface area contributed by atoms with Gasteiger partial charge >= 0.3 is 23.9 Å². The first-order valence-corrected chi connectivity index (χ1v) is 9.17. The summed E-state index contributed by atoms with van der Waals surface area (Å²) in [5, 5.41) is 0. The molecule has 0 saturated heterocycles. The van der Waals surface area contributed by atoms with E-state index in [0.29, 0.717) is 11.1 Å². The zero-order valence-corrected chi connectivity index (χ0v) is 18.0. The molecule has 0 aromatic heterocycles. The zero-order valence-electron chi connectivity index (χ0n) is 18.0. The normalized spacial score (nSPS) is 10.1. The fraction of sp³-hybridized carbons (Fsp3) is 0.273. The van der Waals surface area contributed by atoms with Crippen molar-refractivity contribution < 1.29 is 42.9 Å². The van der Waals surface area contributed by atoms with Gasteiger partial charge in [0, 0.05) is 27.7 Å². The van der Waals surface area contributed by atoms with Crippen LogP contribution < -0.4 is 23.7 Å². The minimum absolute atomic E-state index is 0.0132. The van der Waals surface area contributed by atoms with Crippen LogP contribution in [-0.2, 0) is 19.2 Å². The molecule has 0 heterocycles. The first-order valence-electron chi connectivity index (χ1n) is 9.17. The molecule has 0 atom stereocenters. The average Bonchev–Trinajstić information content (AvgIpc) is 2.59. The van der Waals surface area contributed by atoms with E-state index in [9.17, 15) is 19.2 Å². The largest absolute Gasteiger partial charge is 0.449 e. The van der Waals surface area contributed by atoms with Gasteiger partial charge in [-0.1, -0.05) is 0 Å². The van der Waals surface area contributed by atoms with Crippen LogP contribution in [0.5, 0.6) is 34.5 Å². The number of aryl methyl sites for hydroxylation is 2. The summed E-state index contributed by atoms with van der Waals surface area (Å²) >= 11 is 0. The van der Waals surface area contributed by atoms with Gasteiger partial charge in [-0.15, -0.1) is 0 Å². The van der Waals surface area contributed by atoms with E-state index < -0.39 is 23.9 Å². The molecule has 164 valence electrons. The number of hydrogen-bond donors (Lipinski definition) is 0. The highest BCUT2D eigenvalue weighted by Gasteiger charge is 2.23. The number of esters is 4. The minimum atomic E-state index is -0.674. The molecule has 9 heteroatoms. The molecule has 2 aromatic carbocycles. The summed E-state index contributed by atoms with van der Waals surface area (Å²) in [5.74, 6) is -2.91. The topological polar surface area (TPSA) is 114 Å². The van der Waals surface area contributed by atoms with Gasteiger partial charge in [0.2, 0.25) is 11.5 Å². The third kappa shape index (κ3) is 6.56. The van der Waals surface area contributed by atoms with E-state index in [0.717, 1.165) is 0 Å². The summed E-state index contributed by atoms with van der Waals surface area (Å²) in [7, 11) is 0. The van der Waals surface area contributed by atoms with Crippen molar-refractivity contribution in [2.45, 2.75) is 41.5 Å². The molecule has 9 nitrogen and oxygen atoms in total. The van der Waals surface area contributed by atoms with Crippen molar-refractivity contribution in [3.05, 3.63) is 35.4 Å². The molecule has 0 saturated carbocycles. The highest BCUT2D eigenvalue weighted by molar-refractivity contribution is 5.77. The predicted molar refractivity (Wildman–Crippen MR) is 108 cm³/mol. The Morgan fingerprint density at radius 2 is 0.806 bits per heavy atom. The molecule has 0 aliphatic heterocycles. The Kier molecular flexibility index (Phi) is 7.36. The Bertz CT molecular complexity index is 970. The van der Waals surface area contributed by atoms with Gasteiger partial charge in [0.15, 0.2) is 23.0 Å². The van der Waals surface area contributed by atoms with Crippen molar-refractivity contribution in [1.82, 2.24) is 0 Å². The van der Waals surface area contributed by atoms with Gasteiger partial charge < -0.3 is 23.7 Å². The molecule has 0 aliphatic rings. The summed E-state index contributed by atoms with van der Waals surface area (Å²) in [6, 6.07) is 6.08. The van der Waals surface area contributed by atoms with E-state index in [1.165, 1.54) is 52.0 Å². The summed E-state index contributed by atoms with van der Waals surface area (Å²) in [6.45, 7) is 8.18. The van der Waals surface area contributed by atoms with E-state index in [-0.39, 0.29) is 34.5 Å². The van der Waals surface area contributed by atoms with Crippen LogP contribution in [0.4, 0.5) is 0 Å². The molecule has 0 radical (unpaired) electrons. The second-order valence-corrected chi connectivity index (χ2v) is 6.66. The van der Waals surface area contributed by atoms with Crippen molar-refractivity contribution in [3.63, 3.8) is 0 Å². The van der Waals surface area contributed by atoms with Gasteiger partial charge in [0.25, 0.3) is 0 Å². The van der Waals surface area contributed by atoms with Crippen molar-refractivity contribution in [2.75, 3.05) is 0 Å². The molecule has 2 rings (SSSR count). The van der Waals surface area contributed by atoms with E-state index in [1.54, 1.807) is 13.8 Å². The van der Waals surface area contributed by atoms with Gasteiger partial charge in [-0.2, -0.15) is 0 Å². The minimum Gasteiger partial charge on any atom is -0.449 e. The third-order valence-electron chi connectivity index (χ3n) is 3.55. The van der Waals surface area contributed by atoms with E-state index >= 15 is 0 Å². The van der Waals surface area contributed by atoms with E-state index in [4.69, 9.17) is 23.7 Å². The van der Waals surface area contributed by atoms with E-state index in [1.807, 2.05) is 0 Å². The maximum atomic E-state index is 11.6. The maximum absolute atomic E-state index is 11.6. The molecule has 0 N–H and O–H groups in total. The standard InChI is InChI=1S/C22H22O9/c1-11-7-17(27-13(3)23)21(29-15(5)25)19(9-11)31-20-10-12(2)8-18(28-14(4)24)22(20)30-16(6)26/h7-10H,1-6H3. The summed E-state index contributed by atoms with van der Waals surface area (Å²) in [6.07, 6.45) is 0. The zero-order chi connectivity index (χ0) is 23.3. The SMILES string of the molecule is CC(=O)Oc1cc(C)cc(Oc2cc(C)cc(OC(C)=O)c2OC(C)=O)c1OC(C)=O. The van der Waals surface area contributed by atoms with Gasteiger partial charge in [-0.05, 0) is 49.2 Å². The van der Waals surface area contributed by atoms with Crippen molar-refractivity contribution in [1.29, 1.82) is 0 Å². The number of rotatable bonds is 6. The smallest absolute Gasteiger partial charge is 0.308 e. The quantitative estimate of drug-likeness (QED) is 0.498. The van der Waals surface area contributed by atoms with Crippen molar-refractivity contribution >= 4 is 23.9 Å². The summed E-state index contributed by atoms with van der Waals surface area (Å²) < 4.78 is 26.6. The molecule has 0 spiro atoms. The van der Waals surface area contributed by atoms with Crippen LogP contribution >= 0.6 is 0 Å². The van der Waals surface area contributed by atoms with Gasteiger partial charge in [-0.3, -0.25) is 19.2 Å². The van der Waals surface area contributed by atoms with Crippen LogP contribution in [-0.4, -0.2) is 23.9 Å². The lowest BCUT2D eigenvalue weighted by Gasteiger charge is -2.18. The van der Waals surface area contributed by atoms with Crippen LogP contribution in [0.1, 0.15) is 38.8 Å². The van der Waals surface area contributed by atoms with Crippen LogP contribution in [0.3, 0.4) is 0 Å². The highest BCUT2D eigenvalue weighted by Crippen LogP contribution is 2.46. The molecule has 31 heavy (non-hydrogen) atoms. The fourth-order valence-electron chi connectivity index (χ4n) is 2.64. The third-order valence-corrected chi connectivity index (χ3v) is 3.55. The Balaban J connectivity index is 2.68. The molecular weight excluding hydrogens is 408 g/mol. The van der Waals surface area contributed by atoms with Crippen LogP contribution in [0.2, 0.25) is 0 Å². The predicted octanol–water partition coefficient (Wildman–Crippen LogP) is 3.80. The second-order valence-electron chi connectivity index (χ2n) is 6.66. The van der Waals surface area contributed by atoms with Gasteiger partial charge in [0.1, 0.15) is 0 Å². The number of ether oxygens (including phenoxy) is 5. The number of hydrogen-bond acceptors (Lipinski definition) is 9. The number of benzene rings is 2. The Hall–Kier alpha value is -3.88. The molecule has 2 aromatic rings. The summed E-state index contributed by atoms with van der Waals surface area (Å²) in [5.41, 5.74) is 1.26. The first kappa shape index (κ1) is 23.4. The number of carbonyl (C=O) groups is 4. The summed E-state index contributed by atoms with van der Waals surface area (Å²) in [4.78, 5) is 46.3. The first-order chi connectivity index (χ1) is 14.5. The van der Waals surface area contributed by atoms with Crippen molar-refractivity contribution in [3.8, 4) is 34.5 Å². The Labute approximate surface area is 178 Å². The number of carbonyl (C=O) groups excluding carboxylic acids is 4. The molecule has 0 amide bonds. The lowest BCUT2D eigenvalue weighted by molar-refractivity contribution is -0.134. The molecule has 0 unspecified atom stereocenters. The average molecular weight is 430 g/mol. The van der Waals surface area contributed by atoms with E-state index in [2.05, 4.69) is 0 Å². The van der Waals surface area contributed by atoms with Crippen LogP contribution in [0.25, 0.3) is 0 Å². The molecule has 0 aliphatic carbocycles. The second kappa shape index (κ2) is 9.75. The molecular formula is C22H22O9.